The number of benzene rings is 3. The highest BCUT2D eigenvalue weighted by Crippen LogP contribution is 2.38. The molecular formula is C39H44N10O7. The van der Waals surface area contributed by atoms with Gasteiger partial charge < -0.3 is 57.8 Å². The van der Waals surface area contributed by atoms with Crippen molar-refractivity contribution >= 4 is 46.5 Å². The smallest absolute Gasteiger partial charge is 0.315 e. The molecule has 0 spiro atoms. The van der Waals surface area contributed by atoms with Crippen molar-refractivity contribution in [2.45, 2.75) is 69.4 Å². The summed E-state index contributed by atoms with van der Waals surface area (Å²) >= 11 is 0. The van der Waals surface area contributed by atoms with Crippen LogP contribution in [0.25, 0.3) is 10.9 Å². The second-order valence-electron chi connectivity index (χ2n) is 14.2. The van der Waals surface area contributed by atoms with Crippen molar-refractivity contribution in [2.24, 2.45) is 27.9 Å². The summed E-state index contributed by atoms with van der Waals surface area (Å²) < 4.78 is 11.2. The highest BCUT2D eigenvalue weighted by Gasteiger charge is 2.43. The number of nitrogens with zero attached hydrogens (tertiary/aromatic N) is 3. The highest BCUT2D eigenvalue weighted by atomic mass is 16.7. The lowest BCUT2D eigenvalue weighted by molar-refractivity contribution is -0.146. The van der Waals surface area contributed by atoms with Crippen LogP contribution in [0.2, 0.25) is 0 Å². The molecule has 0 fully saturated rings. The number of guanidine groups is 1. The molecule has 3 aliphatic heterocycles. The Hall–Kier alpha value is -6.78. The largest absolute Gasteiger partial charge is 0.454 e. The van der Waals surface area contributed by atoms with E-state index in [4.69, 9.17) is 32.4 Å². The third kappa shape index (κ3) is 7.87. The van der Waals surface area contributed by atoms with Crippen LogP contribution in [0.5, 0.6) is 11.5 Å². The van der Waals surface area contributed by atoms with E-state index in [2.05, 4.69) is 20.6 Å². The van der Waals surface area contributed by atoms with Crippen LogP contribution in [0.1, 0.15) is 40.7 Å². The number of H-pyrrole nitrogens is 1. The average molecular weight is 765 g/mol. The highest BCUT2D eigenvalue weighted by molar-refractivity contribution is 5.96. The van der Waals surface area contributed by atoms with E-state index < -0.39 is 53.8 Å². The van der Waals surface area contributed by atoms with E-state index in [-0.39, 0.29) is 64.5 Å². The number of hydrogen-bond acceptors (Lipinski definition) is 8. The summed E-state index contributed by atoms with van der Waals surface area (Å²) in [6.45, 7) is 0.323. The average Bonchev–Trinajstić information content (AvgIpc) is 3.82. The number of ether oxygens (including phenoxy) is 2. The van der Waals surface area contributed by atoms with Gasteiger partial charge in [0.1, 0.15) is 24.2 Å². The van der Waals surface area contributed by atoms with Crippen molar-refractivity contribution in [3.05, 3.63) is 94.7 Å². The molecule has 4 atom stereocenters. The predicted octanol–water partition coefficient (Wildman–Crippen LogP) is 0.407. The summed E-state index contributed by atoms with van der Waals surface area (Å²) in [6, 6.07) is 13.4. The van der Waals surface area contributed by atoms with Crippen LogP contribution in [0.15, 0.2) is 71.9 Å². The Bertz CT molecular complexity index is 2220. The Balaban J connectivity index is 1.17. The first-order valence-corrected chi connectivity index (χ1v) is 18.3. The number of aromatic amines is 1. The molecule has 0 aliphatic carbocycles. The first-order chi connectivity index (χ1) is 27.0. The molecular weight excluding hydrogens is 720 g/mol. The molecule has 0 saturated heterocycles. The Kier molecular flexibility index (Phi) is 10.7. The van der Waals surface area contributed by atoms with Crippen molar-refractivity contribution in [3.8, 4) is 11.5 Å². The number of urea groups is 1. The van der Waals surface area contributed by atoms with Gasteiger partial charge in [-0.25, -0.2) is 4.79 Å². The minimum absolute atomic E-state index is 0.00334. The van der Waals surface area contributed by atoms with Crippen LogP contribution in [-0.4, -0.2) is 87.9 Å². The normalized spacial score (nSPS) is 17.9. The van der Waals surface area contributed by atoms with Gasteiger partial charge in [-0.2, -0.15) is 0 Å². The number of rotatable bonds is 12. The molecule has 0 saturated carbocycles. The van der Waals surface area contributed by atoms with E-state index >= 15 is 0 Å². The Labute approximate surface area is 321 Å². The van der Waals surface area contributed by atoms with Gasteiger partial charge in [-0.05, 0) is 58.9 Å². The lowest BCUT2D eigenvalue weighted by Gasteiger charge is -2.42. The van der Waals surface area contributed by atoms with Gasteiger partial charge in [0, 0.05) is 56.0 Å². The first-order valence-electron chi connectivity index (χ1n) is 18.3. The fourth-order valence-electron chi connectivity index (χ4n) is 7.66. The second-order valence-corrected chi connectivity index (χ2v) is 14.2. The summed E-state index contributed by atoms with van der Waals surface area (Å²) in [5, 5.41) is 6.46. The standard InChI is InChI=1S/C39H44N10O7/c40-34(50)29(12-24-17-45-27-9-4-3-8-26(24)27)47-35(51)28(10-5-11-44-38(41)42)46-36(52)30-14-23-15-32-33(56-20-55-32)16-25(23)19-48(30)37(53)31-13-21-6-1-2-7-22(21)18-49(31)39(43)54/h1-4,6-9,15-17,28-31,45H,5,10-14,18-20H2,(H2,40,50)(H2,43,54)(H,46,52)(H,47,51)(H4,41,42,44)/t28-,29-,30?,31-/m0/s1. The van der Waals surface area contributed by atoms with E-state index in [1.54, 1.807) is 18.3 Å². The number of carbonyl (C=O) groups is 5. The van der Waals surface area contributed by atoms with Crippen LogP contribution in [0.4, 0.5) is 4.79 Å². The molecule has 1 unspecified atom stereocenters. The minimum atomic E-state index is -1.18. The molecule has 292 valence electrons. The molecule has 1 aromatic heterocycles. The van der Waals surface area contributed by atoms with Crippen molar-refractivity contribution in [3.63, 3.8) is 0 Å². The van der Waals surface area contributed by atoms with Crippen LogP contribution in [0.3, 0.4) is 0 Å². The maximum Gasteiger partial charge on any atom is 0.315 e. The number of aliphatic imine (C=N–C) groups is 1. The van der Waals surface area contributed by atoms with Gasteiger partial charge in [-0.1, -0.05) is 42.5 Å². The minimum Gasteiger partial charge on any atom is -0.454 e. The van der Waals surface area contributed by atoms with Gasteiger partial charge in [0.2, 0.25) is 30.4 Å². The lowest BCUT2D eigenvalue weighted by Crippen LogP contribution is -2.62. The van der Waals surface area contributed by atoms with Crippen LogP contribution in [0, 0.1) is 0 Å². The first kappa shape index (κ1) is 37.5. The van der Waals surface area contributed by atoms with E-state index in [1.165, 1.54) is 9.80 Å². The van der Waals surface area contributed by atoms with Crippen LogP contribution >= 0.6 is 0 Å². The molecule has 11 N–H and O–H groups in total. The number of nitrogens with one attached hydrogen (secondary N) is 3. The van der Waals surface area contributed by atoms with Crippen LogP contribution < -0.4 is 43.0 Å². The zero-order chi connectivity index (χ0) is 39.5. The van der Waals surface area contributed by atoms with Gasteiger partial charge in [0.15, 0.2) is 17.5 Å². The van der Waals surface area contributed by atoms with Gasteiger partial charge in [-0.15, -0.1) is 0 Å². The fourth-order valence-corrected chi connectivity index (χ4v) is 7.66. The van der Waals surface area contributed by atoms with E-state index in [0.717, 1.165) is 38.7 Å². The maximum atomic E-state index is 14.7. The SMILES string of the molecule is NC(=O)[C@H](Cc1c[nH]c2ccccc12)NC(=O)[C@H](CCCN=C(N)N)NC(=O)C1Cc2cc3c(cc2CN1C(=O)[C@@H]1Cc2ccccc2CN1C(N)=O)OCO3. The molecule has 56 heavy (non-hydrogen) atoms. The third-order valence-electron chi connectivity index (χ3n) is 10.6. The Morgan fingerprint density at radius 3 is 2.21 bits per heavy atom. The third-order valence-corrected chi connectivity index (χ3v) is 10.6. The zero-order valence-electron chi connectivity index (χ0n) is 30.5. The van der Waals surface area contributed by atoms with E-state index in [9.17, 15) is 24.0 Å². The maximum absolute atomic E-state index is 14.7. The van der Waals surface area contributed by atoms with Crippen molar-refractivity contribution in [2.75, 3.05) is 13.3 Å². The lowest BCUT2D eigenvalue weighted by atomic mass is 9.89. The summed E-state index contributed by atoms with van der Waals surface area (Å²) in [7, 11) is 0. The quantitative estimate of drug-likeness (QED) is 0.0597. The van der Waals surface area contributed by atoms with Crippen molar-refractivity contribution in [1.29, 1.82) is 0 Å². The summed E-state index contributed by atoms with van der Waals surface area (Å²) in [5.74, 6) is -1.64. The zero-order valence-corrected chi connectivity index (χ0v) is 30.5. The van der Waals surface area contributed by atoms with Crippen molar-refractivity contribution < 1.29 is 33.4 Å². The molecule has 4 heterocycles. The van der Waals surface area contributed by atoms with E-state index in [1.807, 2.05) is 48.5 Å². The summed E-state index contributed by atoms with van der Waals surface area (Å²) in [4.78, 5) is 78.6. The molecule has 0 bridgehead atoms. The number of fused-ring (bicyclic) bond motifs is 4. The topological polar surface area (TPSA) is 267 Å². The summed E-state index contributed by atoms with van der Waals surface area (Å²) in [6.07, 6.45) is 2.48. The molecule has 4 aromatic rings. The molecule has 0 radical (unpaired) electrons. The molecule has 6 amide bonds. The number of nitrogens with two attached hydrogens (primary N) is 4. The fraction of sp³-hybridized carbons (Fsp3) is 0.333. The Morgan fingerprint density at radius 1 is 0.804 bits per heavy atom. The monoisotopic (exact) mass is 764 g/mol. The molecule has 7 rings (SSSR count). The number of para-hydroxylation sites is 1. The number of hydrogen-bond donors (Lipinski definition) is 7. The van der Waals surface area contributed by atoms with Crippen LogP contribution in [-0.2, 0) is 51.5 Å². The molecule has 3 aliphatic rings. The number of carbonyl (C=O) groups excluding carboxylic acids is 5. The second kappa shape index (κ2) is 15.9. The number of primary amides is 2. The van der Waals surface area contributed by atoms with Gasteiger partial charge in [0.25, 0.3) is 0 Å². The van der Waals surface area contributed by atoms with Gasteiger partial charge in [-0.3, -0.25) is 24.2 Å². The number of aromatic nitrogens is 1. The Morgan fingerprint density at radius 2 is 1.48 bits per heavy atom. The van der Waals surface area contributed by atoms with E-state index in [0.29, 0.717) is 11.5 Å². The van der Waals surface area contributed by atoms with Crippen molar-refractivity contribution in [1.82, 2.24) is 25.4 Å². The predicted molar refractivity (Wildman–Crippen MR) is 205 cm³/mol. The summed E-state index contributed by atoms with van der Waals surface area (Å²) in [5.41, 5.74) is 27.5. The molecule has 17 heteroatoms. The van der Waals surface area contributed by atoms with Gasteiger partial charge >= 0.3 is 6.03 Å². The molecule has 3 aromatic carbocycles. The van der Waals surface area contributed by atoms with Gasteiger partial charge in [0.05, 0.1) is 0 Å². The molecule has 17 nitrogen and oxygen atoms in total. The number of amides is 6.